The number of methoxy groups -OCH3 is 1. The van der Waals surface area contributed by atoms with E-state index in [9.17, 15) is 0 Å². The molecule has 0 rings (SSSR count). The fourth-order valence-corrected chi connectivity index (χ4v) is 1.18. The summed E-state index contributed by atoms with van der Waals surface area (Å²) in [6.07, 6.45) is 5.45. The molecule has 0 aliphatic rings. The molecule has 2 heteroatoms. The first-order chi connectivity index (χ1) is 6.31. The molecule has 0 fully saturated rings. The molecule has 78 valence electrons. The van der Waals surface area contributed by atoms with Crippen molar-refractivity contribution in [2.75, 3.05) is 26.9 Å². The van der Waals surface area contributed by atoms with Crippen LogP contribution in [-0.2, 0) is 9.47 Å². The average Bonchev–Trinajstić information content (AvgIpc) is 2.11. The van der Waals surface area contributed by atoms with Gasteiger partial charge in [-0.1, -0.05) is 13.0 Å². The molecular formula is C11H22O2. The van der Waals surface area contributed by atoms with E-state index in [0.29, 0.717) is 13.2 Å². The molecular weight excluding hydrogens is 164 g/mol. The van der Waals surface area contributed by atoms with Crippen LogP contribution in [0.5, 0.6) is 0 Å². The number of ether oxygens (including phenoxy) is 2. The van der Waals surface area contributed by atoms with Crippen molar-refractivity contribution < 1.29 is 9.47 Å². The van der Waals surface area contributed by atoms with Crippen molar-refractivity contribution in [2.45, 2.75) is 26.2 Å². The minimum absolute atomic E-state index is 0.697. The molecule has 0 saturated heterocycles. The SMILES string of the molecule is C=CCC(C)CCCOCCOC. The van der Waals surface area contributed by atoms with Gasteiger partial charge in [0.1, 0.15) is 0 Å². The zero-order valence-corrected chi connectivity index (χ0v) is 8.92. The fraction of sp³-hybridized carbons (Fsp3) is 0.818. The Balaban J connectivity index is 3.01. The Bertz CT molecular complexity index is 113. The molecule has 0 N–H and O–H groups in total. The Kier molecular flexibility index (Phi) is 9.49. The molecule has 0 radical (unpaired) electrons. The van der Waals surface area contributed by atoms with E-state index >= 15 is 0 Å². The van der Waals surface area contributed by atoms with Gasteiger partial charge in [-0.25, -0.2) is 0 Å². The highest BCUT2D eigenvalue weighted by atomic mass is 16.5. The maximum absolute atomic E-state index is 5.35. The standard InChI is InChI=1S/C11H22O2/c1-4-6-11(2)7-5-8-13-10-9-12-3/h4,11H,1,5-10H2,2-3H3. The highest BCUT2D eigenvalue weighted by Crippen LogP contribution is 2.09. The molecule has 0 bridgehead atoms. The monoisotopic (exact) mass is 186 g/mol. The van der Waals surface area contributed by atoms with Crippen LogP contribution in [0.25, 0.3) is 0 Å². The topological polar surface area (TPSA) is 18.5 Å². The van der Waals surface area contributed by atoms with Gasteiger partial charge in [0.05, 0.1) is 13.2 Å². The predicted octanol–water partition coefficient (Wildman–Crippen LogP) is 2.64. The van der Waals surface area contributed by atoms with Crippen molar-refractivity contribution in [2.24, 2.45) is 5.92 Å². The van der Waals surface area contributed by atoms with Crippen molar-refractivity contribution in [1.82, 2.24) is 0 Å². The van der Waals surface area contributed by atoms with Gasteiger partial charge in [-0.15, -0.1) is 6.58 Å². The molecule has 0 amide bonds. The van der Waals surface area contributed by atoms with Crippen molar-refractivity contribution in [3.05, 3.63) is 12.7 Å². The van der Waals surface area contributed by atoms with E-state index in [1.54, 1.807) is 7.11 Å². The Morgan fingerprint density at radius 2 is 2.08 bits per heavy atom. The third-order valence-corrected chi connectivity index (χ3v) is 1.99. The van der Waals surface area contributed by atoms with Crippen LogP contribution < -0.4 is 0 Å². The highest BCUT2D eigenvalue weighted by Gasteiger charge is 1.98. The summed E-state index contributed by atoms with van der Waals surface area (Å²) in [5.41, 5.74) is 0. The van der Waals surface area contributed by atoms with E-state index < -0.39 is 0 Å². The van der Waals surface area contributed by atoms with Gasteiger partial charge >= 0.3 is 0 Å². The molecule has 1 atom stereocenters. The average molecular weight is 186 g/mol. The van der Waals surface area contributed by atoms with Gasteiger partial charge in [0.15, 0.2) is 0 Å². The van der Waals surface area contributed by atoms with E-state index in [1.807, 2.05) is 6.08 Å². The van der Waals surface area contributed by atoms with Gasteiger partial charge in [-0.05, 0) is 25.2 Å². The summed E-state index contributed by atoms with van der Waals surface area (Å²) in [6, 6.07) is 0. The van der Waals surface area contributed by atoms with Crippen LogP contribution in [0.4, 0.5) is 0 Å². The van der Waals surface area contributed by atoms with Crippen LogP contribution in [-0.4, -0.2) is 26.9 Å². The highest BCUT2D eigenvalue weighted by molar-refractivity contribution is 4.70. The van der Waals surface area contributed by atoms with Gasteiger partial charge in [0.2, 0.25) is 0 Å². The summed E-state index contributed by atoms with van der Waals surface area (Å²) in [6.45, 7) is 8.23. The number of allylic oxidation sites excluding steroid dienone is 1. The molecule has 2 nitrogen and oxygen atoms in total. The summed E-state index contributed by atoms with van der Waals surface area (Å²) < 4.78 is 10.2. The molecule has 0 aromatic heterocycles. The lowest BCUT2D eigenvalue weighted by Gasteiger charge is -2.08. The second kappa shape index (κ2) is 9.75. The lowest BCUT2D eigenvalue weighted by molar-refractivity contribution is 0.0675. The van der Waals surface area contributed by atoms with E-state index in [0.717, 1.165) is 25.4 Å². The van der Waals surface area contributed by atoms with Crippen molar-refractivity contribution in [1.29, 1.82) is 0 Å². The van der Waals surface area contributed by atoms with E-state index in [4.69, 9.17) is 9.47 Å². The molecule has 0 aliphatic carbocycles. The third-order valence-electron chi connectivity index (χ3n) is 1.99. The Labute approximate surface area is 81.9 Å². The zero-order chi connectivity index (χ0) is 9.94. The lowest BCUT2D eigenvalue weighted by Crippen LogP contribution is -2.04. The van der Waals surface area contributed by atoms with Crippen LogP contribution in [0.1, 0.15) is 26.2 Å². The second-order valence-electron chi connectivity index (χ2n) is 3.38. The molecule has 0 aromatic carbocycles. The maximum Gasteiger partial charge on any atom is 0.0700 e. The molecule has 0 saturated carbocycles. The summed E-state index contributed by atoms with van der Waals surface area (Å²) in [5.74, 6) is 0.739. The Hall–Kier alpha value is -0.340. The minimum atomic E-state index is 0.697. The molecule has 0 heterocycles. The van der Waals surface area contributed by atoms with Crippen molar-refractivity contribution in [3.8, 4) is 0 Å². The lowest BCUT2D eigenvalue weighted by atomic mass is 10.0. The summed E-state index contributed by atoms with van der Waals surface area (Å²) in [5, 5.41) is 0. The third kappa shape index (κ3) is 9.57. The van der Waals surface area contributed by atoms with Crippen molar-refractivity contribution >= 4 is 0 Å². The molecule has 1 unspecified atom stereocenters. The Morgan fingerprint density at radius 3 is 2.69 bits per heavy atom. The molecule has 0 aromatic rings. The normalized spacial score (nSPS) is 12.8. The summed E-state index contributed by atoms with van der Waals surface area (Å²) in [7, 11) is 1.69. The van der Waals surface area contributed by atoms with Gasteiger partial charge in [-0.2, -0.15) is 0 Å². The maximum atomic E-state index is 5.35. The van der Waals surface area contributed by atoms with E-state index in [-0.39, 0.29) is 0 Å². The van der Waals surface area contributed by atoms with Gasteiger partial charge in [-0.3, -0.25) is 0 Å². The first-order valence-electron chi connectivity index (χ1n) is 4.98. The number of hydrogen-bond acceptors (Lipinski definition) is 2. The molecule has 13 heavy (non-hydrogen) atoms. The minimum Gasteiger partial charge on any atom is -0.382 e. The number of hydrogen-bond donors (Lipinski definition) is 0. The molecule has 0 spiro atoms. The zero-order valence-electron chi connectivity index (χ0n) is 8.92. The second-order valence-corrected chi connectivity index (χ2v) is 3.38. The smallest absolute Gasteiger partial charge is 0.0700 e. The van der Waals surface area contributed by atoms with E-state index in [2.05, 4.69) is 13.5 Å². The van der Waals surface area contributed by atoms with Crippen LogP contribution in [0.3, 0.4) is 0 Å². The van der Waals surface area contributed by atoms with Gasteiger partial charge in [0, 0.05) is 13.7 Å². The van der Waals surface area contributed by atoms with Crippen LogP contribution in [0, 0.1) is 5.92 Å². The van der Waals surface area contributed by atoms with Gasteiger partial charge in [0.25, 0.3) is 0 Å². The Morgan fingerprint density at radius 1 is 1.31 bits per heavy atom. The largest absolute Gasteiger partial charge is 0.382 e. The van der Waals surface area contributed by atoms with Gasteiger partial charge < -0.3 is 9.47 Å². The first-order valence-corrected chi connectivity index (χ1v) is 4.98. The predicted molar refractivity (Wildman–Crippen MR) is 55.9 cm³/mol. The fourth-order valence-electron chi connectivity index (χ4n) is 1.18. The molecule has 0 aliphatic heterocycles. The van der Waals surface area contributed by atoms with Crippen LogP contribution in [0.2, 0.25) is 0 Å². The van der Waals surface area contributed by atoms with Crippen LogP contribution >= 0.6 is 0 Å². The van der Waals surface area contributed by atoms with E-state index in [1.165, 1.54) is 6.42 Å². The first kappa shape index (κ1) is 12.7. The summed E-state index contributed by atoms with van der Waals surface area (Å²) in [4.78, 5) is 0. The van der Waals surface area contributed by atoms with Crippen molar-refractivity contribution in [3.63, 3.8) is 0 Å². The summed E-state index contributed by atoms with van der Waals surface area (Å²) >= 11 is 0. The van der Waals surface area contributed by atoms with Crippen LogP contribution in [0.15, 0.2) is 12.7 Å². The quantitative estimate of drug-likeness (QED) is 0.407. The number of rotatable bonds is 9.